The summed E-state index contributed by atoms with van der Waals surface area (Å²) in [6.45, 7) is 0. The van der Waals surface area contributed by atoms with Crippen molar-refractivity contribution < 1.29 is 21.6 Å². The van der Waals surface area contributed by atoms with E-state index in [0.717, 1.165) is 6.07 Å². The minimum atomic E-state index is -4.83. The van der Waals surface area contributed by atoms with Gasteiger partial charge in [-0.05, 0) is 22.0 Å². The standard InChI is InChI=1S/C8H4BrF3N2O2S/c9-5-3-1-2-4-6(5)13-17(15,16)14-7(4)8(10,11)12/h1-3,13H. The lowest BCUT2D eigenvalue weighted by molar-refractivity contribution is -0.0578. The number of alkyl halides is 3. The molecule has 0 aromatic heterocycles. The van der Waals surface area contributed by atoms with E-state index in [2.05, 4.69) is 20.3 Å². The number of nitrogens with one attached hydrogen (secondary N) is 1. The molecule has 0 bridgehead atoms. The van der Waals surface area contributed by atoms with Gasteiger partial charge in [-0.25, -0.2) is 0 Å². The average Bonchev–Trinajstić information content (AvgIpc) is 2.16. The van der Waals surface area contributed by atoms with Crippen LogP contribution in [-0.2, 0) is 10.2 Å². The van der Waals surface area contributed by atoms with E-state index in [1.165, 1.54) is 12.1 Å². The van der Waals surface area contributed by atoms with Gasteiger partial charge < -0.3 is 0 Å². The van der Waals surface area contributed by atoms with Gasteiger partial charge in [0.15, 0.2) is 5.71 Å². The molecule has 0 saturated heterocycles. The lowest BCUT2D eigenvalue weighted by atomic mass is 10.1. The van der Waals surface area contributed by atoms with Crippen LogP contribution in [0.3, 0.4) is 0 Å². The summed E-state index contributed by atoms with van der Waals surface area (Å²) < 4.78 is 65.2. The fourth-order valence-corrected chi connectivity index (χ4v) is 2.91. The second-order valence-electron chi connectivity index (χ2n) is 3.18. The summed E-state index contributed by atoms with van der Waals surface area (Å²) in [6.07, 6.45) is -4.83. The summed E-state index contributed by atoms with van der Waals surface area (Å²) in [6, 6.07) is 3.94. The molecular weight excluding hydrogens is 325 g/mol. The van der Waals surface area contributed by atoms with Gasteiger partial charge >= 0.3 is 16.4 Å². The highest BCUT2D eigenvalue weighted by atomic mass is 79.9. The SMILES string of the molecule is O=S1(=O)N=C(C(F)(F)F)c2cccc(Br)c2N1. The van der Waals surface area contributed by atoms with E-state index < -0.39 is 22.1 Å². The van der Waals surface area contributed by atoms with Crippen LogP contribution in [-0.4, -0.2) is 20.3 Å². The van der Waals surface area contributed by atoms with E-state index in [0.29, 0.717) is 0 Å². The highest BCUT2D eigenvalue weighted by Gasteiger charge is 2.42. The van der Waals surface area contributed by atoms with Crippen LogP contribution in [0, 0.1) is 0 Å². The Morgan fingerprint density at radius 3 is 2.53 bits per heavy atom. The van der Waals surface area contributed by atoms with E-state index >= 15 is 0 Å². The first-order valence-corrected chi connectivity index (χ1v) is 6.43. The number of hydrogen-bond acceptors (Lipinski definition) is 2. The van der Waals surface area contributed by atoms with Crippen LogP contribution >= 0.6 is 15.9 Å². The summed E-state index contributed by atoms with van der Waals surface area (Å²) in [7, 11) is -4.36. The van der Waals surface area contributed by atoms with E-state index in [1.807, 2.05) is 4.72 Å². The van der Waals surface area contributed by atoms with Crippen LogP contribution < -0.4 is 4.72 Å². The molecule has 92 valence electrons. The van der Waals surface area contributed by atoms with Gasteiger partial charge in [0.25, 0.3) is 0 Å². The lowest BCUT2D eigenvalue weighted by Gasteiger charge is -2.20. The molecule has 0 aliphatic carbocycles. The molecule has 0 radical (unpaired) electrons. The average molecular weight is 329 g/mol. The van der Waals surface area contributed by atoms with Gasteiger partial charge in [-0.2, -0.15) is 21.6 Å². The smallest absolute Gasteiger partial charge is 0.263 e. The second-order valence-corrected chi connectivity index (χ2v) is 5.37. The third kappa shape index (κ3) is 2.29. The summed E-state index contributed by atoms with van der Waals surface area (Å²) >= 11 is 2.98. The number of nitrogens with zero attached hydrogens (tertiary/aromatic N) is 1. The van der Waals surface area contributed by atoms with Crippen molar-refractivity contribution >= 4 is 37.5 Å². The minimum Gasteiger partial charge on any atom is -0.263 e. The molecule has 0 atom stereocenters. The maximum atomic E-state index is 12.7. The van der Waals surface area contributed by atoms with Crippen molar-refractivity contribution in [3.8, 4) is 0 Å². The number of halogens is 4. The highest BCUT2D eigenvalue weighted by Crippen LogP contribution is 2.35. The first-order chi connectivity index (χ1) is 7.71. The Bertz CT molecular complexity index is 610. The number of benzene rings is 1. The largest absolute Gasteiger partial charge is 0.434 e. The fraction of sp³-hybridized carbons (Fsp3) is 0.125. The number of anilines is 1. The zero-order chi connectivity index (χ0) is 12.8. The topological polar surface area (TPSA) is 58.5 Å². The van der Waals surface area contributed by atoms with Crippen molar-refractivity contribution in [2.45, 2.75) is 6.18 Å². The fourth-order valence-electron chi connectivity index (χ4n) is 1.35. The van der Waals surface area contributed by atoms with Gasteiger partial charge in [0.2, 0.25) is 0 Å². The van der Waals surface area contributed by atoms with Crippen molar-refractivity contribution in [3.05, 3.63) is 28.2 Å². The Kier molecular flexibility index (Phi) is 2.69. The molecule has 0 unspecified atom stereocenters. The zero-order valence-electron chi connectivity index (χ0n) is 7.92. The molecule has 1 aliphatic heterocycles. The molecule has 0 spiro atoms. The van der Waals surface area contributed by atoms with Crippen molar-refractivity contribution in [1.29, 1.82) is 0 Å². The third-order valence-electron chi connectivity index (χ3n) is 1.98. The van der Waals surface area contributed by atoms with Gasteiger partial charge in [0, 0.05) is 10.0 Å². The predicted molar refractivity (Wildman–Crippen MR) is 59.3 cm³/mol. The first kappa shape index (κ1) is 12.4. The molecule has 0 saturated carbocycles. The molecule has 1 N–H and O–H groups in total. The van der Waals surface area contributed by atoms with Gasteiger partial charge in [-0.3, -0.25) is 4.72 Å². The van der Waals surface area contributed by atoms with E-state index in [1.54, 1.807) is 0 Å². The zero-order valence-corrected chi connectivity index (χ0v) is 10.3. The Labute approximate surface area is 103 Å². The second kappa shape index (κ2) is 3.70. The van der Waals surface area contributed by atoms with Gasteiger partial charge in [0.05, 0.1) is 5.69 Å². The summed E-state index contributed by atoms with van der Waals surface area (Å²) in [5, 5.41) is 0. The molecule has 4 nitrogen and oxygen atoms in total. The number of rotatable bonds is 0. The molecule has 1 aromatic rings. The van der Waals surface area contributed by atoms with Crippen molar-refractivity contribution in [1.82, 2.24) is 0 Å². The highest BCUT2D eigenvalue weighted by molar-refractivity contribution is 9.10. The van der Waals surface area contributed by atoms with Crippen LogP contribution in [0.1, 0.15) is 5.56 Å². The van der Waals surface area contributed by atoms with Crippen molar-refractivity contribution in [2.75, 3.05) is 4.72 Å². The number of para-hydroxylation sites is 1. The lowest BCUT2D eigenvalue weighted by Crippen LogP contribution is -2.31. The van der Waals surface area contributed by atoms with Gasteiger partial charge in [0.1, 0.15) is 0 Å². The van der Waals surface area contributed by atoms with Crippen molar-refractivity contribution in [2.24, 2.45) is 4.40 Å². The van der Waals surface area contributed by atoms with Gasteiger partial charge in [-0.15, -0.1) is 4.40 Å². The van der Waals surface area contributed by atoms with Crippen LogP contribution in [0.4, 0.5) is 18.9 Å². The summed E-state index contributed by atoms with van der Waals surface area (Å²) in [5.41, 5.74) is -1.89. The van der Waals surface area contributed by atoms with Crippen LogP contribution in [0.25, 0.3) is 0 Å². The van der Waals surface area contributed by atoms with Crippen LogP contribution in [0.2, 0.25) is 0 Å². The molecule has 1 aliphatic rings. The maximum absolute atomic E-state index is 12.7. The minimum absolute atomic E-state index is 0.158. The van der Waals surface area contributed by atoms with E-state index in [9.17, 15) is 21.6 Å². The Hall–Kier alpha value is -1.09. The Balaban J connectivity index is 2.76. The van der Waals surface area contributed by atoms with Crippen molar-refractivity contribution in [3.63, 3.8) is 0 Å². The predicted octanol–water partition coefficient (Wildman–Crippen LogP) is 2.47. The first-order valence-electron chi connectivity index (χ1n) is 4.19. The Morgan fingerprint density at radius 1 is 1.29 bits per heavy atom. The molecule has 2 rings (SSSR count). The molecule has 0 amide bonds. The molecule has 17 heavy (non-hydrogen) atoms. The molecule has 9 heteroatoms. The van der Waals surface area contributed by atoms with Gasteiger partial charge in [-0.1, -0.05) is 12.1 Å². The maximum Gasteiger partial charge on any atom is 0.434 e. The summed E-state index contributed by atoms with van der Waals surface area (Å²) in [4.78, 5) is 0. The molecule has 0 fully saturated rings. The van der Waals surface area contributed by atoms with Crippen LogP contribution in [0.5, 0.6) is 0 Å². The molecule has 1 aromatic carbocycles. The summed E-state index contributed by atoms with van der Waals surface area (Å²) in [5.74, 6) is 0. The van der Waals surface area contributed by atoms with E-state index in [-0.39, 0.29) is 15.7 Å². The quantitative estimate of drug-likeness (QED) is 0.795. The molecular formula is C8H4BrF3N2O2S. The van der Waals surface area contributed by atoms with Crippen LogP contribution in [0.15, 0.2) is 27.1 Å². The normalized spacial score (nSPS) is 18.0. The Morgan fingerprint density at radius 2 is 1.94 bits per heavy atom. The van der Waals surface area contributed by atoms with E-state index in [4.69, 9.17) is 0 Å². The monoisotopic (exact) mass is 328 g/mol. The number of fused-ring (bicyclic) bond motifs is 1. The molecule has 1 heterocycles. The number of hydrogen-bond donors (Lipinski definition) is 1. The third-order valence-corrected chi connectivity index (χ3v) is 3.53.